The molecule has 4 heteroatoms. The number of benzene rings is 1. The molecule has 2 saturated carbocycles. The van der Waals surface area contributed by atoms with Crippen molar-refractivity contribution in [2.45, 2.75) is 109 Å². The Morgan fingerprint density at radius 1 is 1.17 bits per heavy atom. The van der Waals surface area contributed by atoms with Crippen LogP contribution < -0.4 is 5.73 Å². The Hall–Kier alpha value is -1.54. The molecule has 6 rings (SSSR count). The molecule has 4 fully saturated rings. The van der Waals surface area contributed by atoms with E-state index >= 15 is 0 Å². The topological polar surface area (TPSA) is 75.7 Å². The van der Waals surface area contributed by atoms with E-state index in [9.17, 15) is 10.2 Å². The average molecular weight is 494 g/mol. The Labute approximate surface area is 218 Å². The molecule has 0 amide bonds. The molecule has 2 aliphatic heterocycles. The number of nitrogens with two attached hydrogens (primary N) is 1. The van der Waals surface area contributed by atoms with Crippen LogP contribution in [0.1, 0.15) is 90.2 Å². The summed E-state index contributed by atoms with van der Waals surface area (Å²) in [6.45, 7) is 9.19. The summed E-state index contributed by atoms with van der Waals surface area (Å²) in [7, 11) is 0. The fraction of sp³-hybridized carbons (Fsp3) is 0.750. The van der Waals surface area contributed by atoms with Gasteiger partial charge in [-0.05, 0) is 106 Å². The quantitative estimate of drug-likeness (QED) is 0.466. The number of rotatable bonds is 5. The molecule has 2 heterocycles. The standard InChI is InChI=1S/C32H47NO3/c1-21(2)8-9-22-16-23-17-25-10-11-27(35)20-24(25)6-5-7-29-31(33,14-15-34)28-12-13-32(29,26(18-22)19-23)36-30(28,3)4/h10-11,20-23,26,28-29,34-35H,6,8-9,12-19,33H2,1-4H3/t22-,23+,26+,28-,29+,31-,32-/m0/s1. The van der Waals surface area contributed by atoms with E-state index in [1.807, 2.05) is 12.1 Å². The number of phenols is 1. The first kappa shape index (κ1) is 26.1. The van der Waals surface area contributed by atoms with Crippen molar-refractivity contribution in [3.8, 4) is 17.6 Å². The van der Waals surface area contributed by atoms with Crippen LogP contribution in [0.2, 0.25) is 0 Å². The molecule has 2 saturated heterocycles. The molecule has 7 atom stereocenters. The maximum absolute atomic E-state index is 10.2. The van der Waals surface area contributed by atoms with Gasteiger partial charge in [0.2, 0.25) is 0 Å². The SMILES string of the molecule is CC(C)CC[C@H]1C[C@@H]2Cc3ccc(O)cc3CC#C[C@@H]3[C@](N)(CCO)[C@H]4CC[C@]3(OC4(C)C)[C@H](C1)C2. The predicted molar refractivity (Wildman–Crippen MR) is 144 cm³/mol. The molecule has 36 heavy (non-hydrogen) atoms. The number of hydrogen-bond donors (Lipinski definition) is 3. The highest BCUT2D eigenvalue weighted by atomic mass is 16.5. The van der Waals surface area contributed by atoms with Gasteiger partial charge in [0.05, 0.1) is 17.1 Å². The number of fused-ring (bicyclic) bond motifs is 5. The van der Waals surface area contributed by atoms with Gasteiger partial charge in [-0.15, -0.1) is 0 Å². The molecule has 0 radical (unpaired) electrons. The highest BCUT2D eigenvalue weighted by Gasteiger charge is 2.68. The molecule has 1 spiro atoms. The number of ether oxygens (including phenoxy) is 1. The van der Waals surface area contributed by atoms with Crippen molar-refractivity contribution in [2.75, 3.05) is 6.61 Å². The average Bonchev–Trinajstić information content (AvgIpc) is 2.81. The zero-order valence-electron chi connectivity index (χ0n) is 22.9. The van der Waals surface area contributed by atoms with E-state index in [0.717, 1.165) is 31.2 Å². The van der Waals surface area contributed by atoms with Gasteiger partial charge in [0.1, 0.15) is 5.75 Å². The number of hydrogen-bond acceptors (Lipinski definition) is 4. The minimum Gasteiger partial charge on any atom is -0.508 e. The highest BCUT2D eigenvalue weighted by molar-refractivity contribution is 5.39. The van der Waals surface area contributed by atoms with Gasteiger partial charge in [0.15, 0.2) is 0 Å². The second kappa shape index (κ2) is 9.64. The third kappa shape index (κ3) is 4.50. The van der Waals surface area contributed by atoms with Crippen molar-refractivity contribution < 1.29 is 14.9 Å². The van der Waals surface area contributed by atoms with Crippen LogP contribution in [0.3, 0.4) is 0 Å². The first-order valence-corrected chi connectivity index (χ1v) is 14.5. The first-order chi connectivity index (χ1) is 17.1. The van der Waals surface area contributed by atoms with Gasteiger partial charge in [-0.1, -0.05) is 44.6 Å². The Balaban J connectivity index is 1.62. The van der Waals surface area contributed by atoms with Crippen LogP contribution in [0.25, 0.3) is 0 Å². The smallest absolute Gasteiger partial charge is 0.115 e. The molecule has 4 nitrogen and oxygen atoms in total. The Morgan fingerprint density at radius 3 is 2.69 bits per heavy atom. The fourth-order valence-electron chi connectivity index (χ4n) is 8.87. The second-order valence-corrected chi connectivity index (χ2v) is 13.5. The predicted octanol–water partition coefficient (Wildman–Crippen LogP) is 5.62. The number of aliphatic hydroxyl groups is 1. The van der Waals surface area contributed by atoms with Crippen LogP contribution in [-0.4, -0.2) is 33.6 Å². The van der Waals surface area contributed by atoms with Crippen molar-refractivity contribution in [3.63, 3.8) is 0 Å². The summed E-state index contributed by atoms with van der Waals surface area (Å²) in [5, 5.41) is 20.4. The monoisotopic (exact) mass is 493 g/mol. The first-order valence-electron chi connectivity index (χ1n) is 14.5. The van der Waals surface area contributed by atoms with Gasteiger partial charge >= 0.3 is 0 Å². The van der Waals surface area contributed by atoms with Gasteiger partial charge in [-0.3, -0.25) is 0 Å². The zero-order valence-corrected chi connectivity index (χ0v) is 22.9. The molecular formula is C32H47NO3. The molecule has 1 aromatic rings. The van der Waals surface area contributed by atoms with E-state index in [1.54, 1.807) is 0 Å². The Kier molecular flexibility index (Phi) is 6.99. The summed E-state index contributed by atoms with van der Waals surface area (Å²) in [6, 6.07) is 5.86. The lowest BCUT2D eigenvalue weighted by Crippen LogP contribution is -2.77. The Morgan fingerprint density at radius 2 is 1.97 bits per heavy atom. The van der Waals surface area contributed by atoms with Crippen molar-refractivity contribution >= 4 is 0 Å². The Bertz CT molecular complexity index is 1020. The van der Waals surface area contributed by atoms with Crippen molar-refractivity contribution in [3.05, 3.63) is 29.3 Å². The molecule has 198 valence electrons. The lowest BCUT2D eigenvalue weighted by atomic mass is 9.48. The summed E-state index contributed by atoms with van der Waals surface area (Å²) < 4.78 is 7.23. The van der Waals surface area contributed by atoms with Crippen LogP contribution in [0, 0.1) is 47.3 Å². The second-order valence-electron chi connectivity index (χ2n) is 13.5. The van der Waals surface area contributed by atoms with Gasteiger partial charge < -0.3 is 20.7 Å². The largest absolute Gasteiger partial charge is 0.508 e. The van der Waals surface area contributed by atoms with Crippen LogP contribution >= 0.6 is 0 Å². The number of phenolic OH excluding ortho intramolecular Hbond substituents is 1. The molecule has 4 N–H and O–H groups in total. The summed E-state index contributed by atoms with van der Waals surface area (Å²) in [4.78, 5) is 0. The summed E-state index contributed by atoms with van der Waals surface area (Å²) in [5.74, 6) is 10.0. The van der Waals surface area contributed by atoms with Crippen LogP contribution in [0.5, 0.6) is 5.75 Å². The summed E-state index contributed by atoms with van der Waals surface area (Å²) >= 11 is 0. The molecule has 0 unspecified atom stereocenters. The van der Waals surface area contributed by atoms with Gasteiger partial charge in [-0.2, -0.15) is 0 Å². The van der Waals surface area contributed by atoms with E-state index in [0.29, 0.717) is 42.3 Å². The van der Waals surface area contributed by atoms with Crippen LogP contribution in [-0.2, 0) is 17.6 Å². The van der Waals surface area contributed by atoms with E-state index < -0.39 is 5.54 Å². The molecule has 4 bridgehead atoms. The van der Waals surface area contributed by atoms with E-state index in [2.05, 4.69) is 45.6 Å². The van der Waals surface area contributed by atoms with Crippen molar-refractivity contribution in [2.24, 2.45) is 41.2 Å². The zero-order chi connectivity index (χ0) is 25.7. The third-order valence-corrected chi connectivity index (χ3v) is 10.3. The third-order valence-electron chi connectivity index (χ3n) is 10.3. The van der Waals surface area contributed by atoms with Crippen molar-refractivity contribution in [1.82, 2.24) is 0 Å². The maximum atomic E-state index is 10.2. The number of aliphatic hydroxyl groups excluding tert-OH is 1. The van der Waals surface area contributed by atoms with E-state index in [1.165, 1.54) is 31.2 Å². The fourth-order valence-corrected chi connectivity index (χ4v) is 8.87. The maximum Gasteiger partial charge on any atom is 0.115 e. The van der Waals surface area contributed by atoms with Crippen molar-refractivity contribution in [1.29, 1.82) is 0 Å². The lowest BCUT2D eigenvalue weighted by Gasteiger charge is -2.68. The van der Waals surface area contributed by atoms with Gasteiger partial charge in [0, 0.05) is 24.5 Å². The minimum atomic E-state index is -0.558. The lowest BCUT2D eigenvalue weighted by molar-refractivity contribution is -0.307. The van der Waals surface area contributed by atoms with E-state index in [4.69, 9.17) is 10.5 Å². The highest BCUT2D eigenvalue weighted by Crippen LogP contribution is 2.62. The number of aromatic hydroxyl groups is 1. The van der Waals surface area contributed by atoms with Crippen LogP contribution in [0.4, 0.5) is 0 Å². The summed E-state index contributed by atoms with van der Waals surface area (Å²) in [6.07, 6.45) is 10.4. The normalized spacial score (nSPS) is 38.9. The molecule has 1 aromatic carbocycles. The van der Waals surface area contributed by atoms with E-state index in [-0.39, 0.29) is 29.6 Å². The molecule has 5 aliphatic rings. The van der Waals surface area contributed by atoms with Gasteiger partial charge in [0.25, 0.3) is 0 Å². The molecule has 3 aliphatic carbocycles. The molecule has 0 aromatic heterocycles. The van der Waals surface area contributed by atoms with Gasteiger partial charge in [-0.25, -0.2) is 0 Å². The summed E-state index contributed by atoms with van der Waals surface area (Å²) in [5.41, 5.74) is 8.60. The molecular weight excluding hydrogens is 446 g/mol. The minimum absolute atomic E-state index is 0.0817. The van der Waals surface area contributed by atoms with Crippen LogP contribution in [0.15, 0.2) is 18.2 Å².